The number of hydrogen-bond donors (Lipinski definition) is 1. The summed E-state index contributed by atoms with van der Waals surface area (Å²) >= 11 is 1.60. The van der Waals surface area contributed by atoms with Crippen LogP contribution < -0.4 is 4.74 Å². The van der Waals surface area contributed by atoms with Crippen molar-refractivity contribution in [1.29, 1.82) is 0 Å². The quantitative estimate of drug-likeness (QED) is 0.704. The first-order valence-corrected chi connectivity index (χ1v) is 10.6. The van der Waals surface area contributed by atoms with Gasteiger partial charge in [-0.05, 0) is 36.6 Å². The van der Waals surface area contributed by atoms with E-state index in [1.54, 1.807) is 17.4 Å². The summed E-state index contributed by atoms with van der Waals surface area (Å²) in [4.78, 5) is 19.2. The predicted molar refractivity (Wildman–Crippen MR) is 110 cm³/mol. The van der Waals surface area contributed by atoms with Gasteiger partial charge in [0, 0.05) is 24.1 Å². The minimum absolute atomic E-state index is 0.110. The van der Waals surface area contributed by atoms with Crippen molar-refractivity contribution in [2.75, 3.05) is 13.2 Å². The van der Waals surface area contributed by atoms with Gasteiger partial charge in [0.2, 0.25) is 5.91 Å². The van der Waals surface area contributed by atoms with E-state index in [9.17, 15) is 9.90 Å². The van der Waals surface area contributed by atoms with E-state index in [1.807, 2.05) is 35.2 Å². The molecule has 1 amide bonds. The predicted octanol–water partition coefficient (Wildman–Crippen LogP) is 4.58. The van der Waals surface area contributed by atoms with Gasteiger partial charge >= 0.3 is 0 Å². The zero-order valence-corrected chi connectivity index (χ0v) is 16.4. The molecule has 5 nitrogen and oxygen atoms in total. The molecule has 3 aromatic rings. The van der Waals surface area contributed by atoms with Crippen LogP contribution >= 0.6 is 11.3 Å². The molecule has 2 heterocycles. The van der Waals surface area contributed by atoms with E-state index < -0.39 is 0 Å². The van der Waals surface area contributed by atoms with Crippen LogP contribution in [0.25, 0.3) is 20.8 Å². The Kier molecular flexibility index (Phi) is 4.43. The number of aromatic nitrogens is 1. The van der Waals surface area contributed by atoms with Crippen LogP contribution in [0, 0.1) is 5.92 Å². The minimum Gasteiger partial charge on any atom is -0.504 e. The third-order valence-corrected chi connectivity index (χ3v) is 6.56. The third kappa shape index (κ3) is 3.44. The van der Waals surface area contributed by atoms with Crippen LogP contribution in [-0.2, 0) is 11.3 Å². The number of fused-ring (bicyclic) bond motifs is 2. The number of carbonyl (C=O) groups excluding carboxylic acids is 1. The van der Waals surface area contributed by atoms with Crippen molar-refractivity contribution in [3.8, 4) is 22.1 Å². The lowest BCUT2D eigenvalue weighted by atomic mass is 10.1. The molecule has 6 heteroatoms. The van der Waals surface area contributed by atoms with Crippen LogP contribution in [0.1, 0.15) is 31.2 Å². The van der Waals surface area contributed by atoms with Crippen molar-refractivity contribution in [2.24, 2.45) is 5.92 Å². The molecule has 1 saturated carbocycles. The van der Waals surface area contributed by atoms with Gasteiger partial charge in [-0.1, -0.05) is 25.0 Å². The average Bonchev–Trinajstić information content (AvgIpc) is 3.46. The summed E-state index contributed by atoms with van der Waals surface area (Å²) in [5.41, 5.74) is 2.64. The van der Waals surface area contributed by atoms with E-state index in [0.717, 1.165) is 38.7 Å². The maximum atomic E-state index is 12.6. The smallest absolute Gasteiger partial charge is 0.222 e. The number of phenolic OH excluding ortho intramolecular Hbond substituents is 1. The Labute approximate surface area is 167 Å². The van der Waals surface area contributed by atoms with Crippen LogP contribution in [0.15, 0.2) is 36.4 Å². The number of aromatic hydroxyl groups is 1. The standard InChI is InChI=1S/C22H22N2O3S/c25-18-12-15(22-23-17-3-1-2-4-19(17)28-22)11-16-13-24(9-10-27-21(16)18)20(26)8-7-14-5-6-14/h1-4,11-12,14,25H,5-10,13H2. The maximum absolute atomic E-state index is 12.6. The van der Waals surface area contributed by atoms with Gasteiger partial charge in [0.1, 0.15) is 11.6 Å². The SMILES string of the molecule is O=C(CCC1CC1)N1CCOc2c(O)cc(-c3nc4ccccc4s3)cc2C1. The molecule has 0 atom stereocenters. The van der Waals surface area contributed by atoms with Crippen LogP contribution in [0.3, 0.4) is 0 Å². The number of phenols is 1. The Morgan fingerprint density at radius 3 is 2.96 bits per heavy atom. The Morgan fingerprint density at radius 1 is 1.29 bits per heavy atom. The zero-order valence-electron chi connectivity index (χ0n) is 15.6. The number of ether oxygens (including phenoxy) is 1. The first kappa shape index (κ1) is 17.5. The van der Waals surface area contributed by atoms with Crippen molar-refractivity contribution in [3.05, 3.63) is 42.0 Å². The van der Waals surface area contributed by atoms with Gasteiger partial charge in [-0.25, -0.2) is 4.98 Å². The molecule has 0 bridgehead atoms. The highest BCUT2D eigenvalue weighted by molar-refractivity contribution is 7.21. The number of para-hydroxylation sites is 1. The topological polar surface area (TPSA) is 62.7 Å². The third-order valence-electron chi connectivity index (χ3n) is 5.47. The minimum atomic E-state index is 0.110. The number of benzene rings is 2. The number of rotatable bonds is 4. The fourth-order valence-electron chi connectivity index (χ4n) is 3.72. The highest BCUT2D eigenvalue weighted by atomic mass is 32.1. The van der Waals surface area contributed by atoms with Gasteiger partial charge in [0.05, 0.1) is 16.8 Å². The van der Waals surface area contributed by atoms with Gasteiger partial charge < -0.3 is 14.7 Å². The molecule has 1 fully saturated rings. The molecule has 0 saturated heterocycles. The normalized spacial score (nSPS) is 16.5. The van der Waals surface area contributed by atoms with Crippen molar-refractivity contribution in [3.63, 3.8) is 0 Å². The summed E-state index contributed by atoms with van der Waals surface area (Å²) in [5.74, 6) is 1.52. The van der Waals surface area contributed by atoms with E-state index in [2.05, 4.69) is 0 Å². The Bertz CT molecular complexity index is 1010. The number of hydrogen-bond acceptors (Lipinski definition) is 5. The zero-order chi connectivity index (χ0) is 19.1. The molecular weight excluding hydrogens is 372 g/mol. The molecule has 2 aliphatic rings. The molecule has 1 aliphatic carbocycles. The highest BCUT2D eigenvalue weighted by Crippen LogP contribution is 2.40. The van der Waals surface area contributed by atoms with Crippen LogP contribution in [0.4, 0.5) is 0 Å². The largest absolute Gasteiger partial charge is 0.504 e. The van der Waals surface area contributed by atoms with Crippen molar-refractivity contribution in [1.82, 2.24) is 9.88 Å². The van der Waals surface area contributed by atoms with Gasteiger partial charge in [0.25, 0.3) is 0 Å². The second-order valence-corrected chi connectivity index (χ2v) is 8.65. The first-order chi connectivity index (χ1) is 13.7. The van der Waals surface area contributed by atoms with E-state index in [0.29, 0.717) is 31.9 Å². The lowest BCUT2D eigenvalue weighted by molar-refractivity contribution is -0.132. The van der Waals surface area contributed by atoms with E-state index in [1.165, 1.54) is 12.8 Å². The summed E-state index contributed by atoms with van der Waals surface area (Å²) in [6, 6.07) is 11.7. The summed E-state index contributed by atoms with van der Waals surface area (Å²) in [5, 5.41) is 11.4. The summed E-state index contributed by atoms with van der Waals surface area (Å²) in [7, 11) is 0. The number of nitrogens with zero attached hydrogens (tertiary/aromatic N) is 2. The summed E-state index contributed by atoms with van der Waals surface area (Å²) in [6.45, 7) is 1.41. The van der Waals surface area contributed by atoms with Gasteiger partial charge in [-0.2, -0.15) is 0 Å². The second kappa shape index (κ2) is 7.09. The lowest BCUT2D eigenvalue weighted by Gasteiger charge is -2.20. The second-order valence-electron chi connectivity index (χ2n) is 7.62. The lowest BCUT2D eigenvalue weighted by Crippen LogP contribution is -2.32. The van der Waals surface area contributed by atoms with Crippen molar-refractivity contribution in [2.45, 2.75) is 32.2 Å². The molecule has 28 heavy (non-hydrogen) atoms. The summed E-state index contributed by atoms with van der Waals surface area (Å²) in [6.07, 6.45) is 4.11. The molecule has 5 rings (SSSR count). The number of amides is 1. The molecular formula is C22H22N2O3S. The van der Waals surface area contributed by atoms with Gasteiger partial charge in [0.15, 0.2) is 11.5 Å². The highest BCUT2D eigenvalue weighted by Gasteiger charge is 2.26. The molecule has 0 radical (unpaired) electrons. The van der Waals surface area contributed by atoms with E-state index in [-0.39, 0.29) is 11.7 Å². The van der Waals surface area contributed by atoms with Gasteiger partial charge in [-0.15, -0.1) is 11.3 Å². The van der Waals surface area contributed by atoms with Crippen LogP contribution in [-0.4, -0.2) is 34.0 Å². The maximum Gasteiger partial charge on any atom is 0.222 e. The Morgan fingerprint density at radius 2 is 2.14 bits per heavy atom. The molecule has 1 aliphatic heterocycles. The molecule has 1 aromatic heterocycles. The van der Waals surface area contributed by atoms with Gasteiger partial charge in [-0.3, -0.25) is 4.79 Å². The monoisotopic (exact) mass is 394 g/mol. The molecule has 144 valence electrons. The van der Waals surface area contributed by atoms with Crippen LogP contribution in [0.5, 0.6) is 11.5 Å². The number of thiazole rings is 1. The fourth-order valence-corrected chi connectivity index (χ4v) is 4.68. The molecule has 2 aromatic carbocycles. The average molecular weight is 394 g/mol. The molecule has 0 unspecified atom stereocenters. The molecule has 0 spiro atoms. The Balaban J connectivity index is 1.44. The van der Waals surface area contributed by atoms with Crippen molar-refractivity contribution < 1.29 is 14.6 Å². The van der Waals surface area contributed by atoms with E-state index >= 15 is 0 Å². The Hall–Kier alpha value is -2.60. The number of carbonyl (C=O) groups is 1. The fraction of sp³-hybridized carbons (Fsp3) is 0.364. The summed E-state index contributed by atoms with van der Waals surface area (Å²) < 4.78 is 6.90. The first-order valence-electron chi connectivity index (χ1n) is 9.80. The van der Waals surface area contributed by atoms with Crippen LogP contribution in [0.2, 0.25) is 0 Å². The van der Waals surface area contributed by atoms with E-state index in [4.69, 9.17) is 9.72 Å². The molecule has 1 N–H and O–H groups in total. The van der Waals surface area contributed by atoms with Crippen molar-refractivity contribution >= 4 is 27.5 Å².